The minimum Gasteiger partial charge on any atom is -0.486 e. The summed E-state index contributed by atoms with van der Waals surface area (Å²) in [6.07, 6.45) is 4.49. The molecule has 0 aliphatic carbocycles. The van der Waals surface area contributed by atoms with Crippen LogP contribution < -0.4 is 15.2 Å². The predicted octanol–water partition coefficient (Wildman–Crippen LogP) is 2.59. The van der Waals surface area contributed by atoms with Crippen LogP contribution in [0.4, 0.5) is 10.1 Å². The largest absolute Gasteiger partial charge is 0.486 e. The van der Waals surface area contributed by atoms with Gasteiger partial charge in [-0.15, -0.1) is 11.3 Å². The van der Waals surface area contributed by atoms with Gasteiger partial charge in [-0.05, 0) is 49.4 Å². The SMILES string of the molecule is C[SH+]CN1CCN(c2cnn(-c3cc(C)cc(F)c3)c(=O)c2OCCc2scnc2C)CC1. The van der Waals surface area contributed by atoms with Gasteiger partial charge >= 0.3 is 5.56 Å². The highest BCUT2D eigenvalue weighted by molar-refractivity contribution is 7.77. The highest BCUT2D eigenvalue weighted by Crippen LogP contribution is 2.26. The average molecular weight is 491 g/mol. The van der Waals surface area contributed by atoms with Crippen LogP contribution in [0.1, 0.15) is 16.1 Å². The van der Waals surface area contributed by atoms with Crippen molar-refractivity contribution >= 4 is 28.8 Å². The Labute approximate surface area is 201 Å². The molecule has 7 nitrogen and oxygen atoms in total. The molecule has 0 amide bonds. The maximum absolute atomic E-state index is 14.0. The maximum atomic E-state index is 14.0. The fourth-order valence-corrected chi connectivity index (χ4v) is 5.40. The molecule has 10 heteroatoms. The molecule has 1 aliphatic rings. The fourth-order valence-electron chi connectivity index (χ4n) is 3.96. The van der Waals surface area contributed by atoms with Crippen LogP contribution in [-0.2, 0) is 18.2 Å². The molecule has 0 spiro atoms. The van der Waals surface area contributed by atoms with E-state index in [-0.39, 0.29) is 11.3 Å². The minimum absolute atomic E-state index is 0.260. The summed E-state index contributed by atoms with van der Waals surface area (Å²) >= 11 is 2.93. The summed E-state index contributed by atoms with van der Waals surface area (Å²) in [5, 5.41) is 4.39. The second-order valence-corrected chi connectivity index (χ2v) is 9.94. The average Bonchev–Trinajstić information content (AvgIpc) is 3.19. The lowest BCUT2D eigenvalue weighted by Gasteiger charge is -2.34. The van der Waals surface area contributed by atoms with Crippen LogP contribution in [0.2, 0.25) is 0 Å². The predicted molar refractivity (Wildman–Crippen MR) is 134 cm³/mol. The number of thiazole rings is 1. The summed E-state index contributed by atoms with van der Waals surface area (Å²) in [5.41, 5.74) is 4.22. The quantitative estimate of drug-likeness (QED) is 0.357. The number of nitrogens with zero attached hydrogens (tertiary/aromatic N) is 5. The molecule has 0 saturated carbocycles. The first-order chi connectivity index (χ1) is 16.0. The van der Waals surface area contributed by atoms with E-state index in [4.69, 9.17) is 4.74 Å². The van der Waals surface area contributed by atoms with Gasteiger partial charge in [0.05, 0.1) is 36.0 Å². The zero-order valence-corrected chi connectivity index (χ0v) is 20.8. The standard InChI is InChI=1S/C23H28FN5O2S2/c1-16-10-18(24)12-19(11-16)29-23(30)22(31-9-4-21-17(2)25-14-33-21)20(13-26-29)28-7-5-27(6-8-28)15-32-3/h10-14H,4-9,15H2,1-3H3/p+1. The third kappa shape index (κ3) is 5.56. The zero-order chi connectivity index (χ0) is 23.4. The first-order valence-electron chi connectivity index (χ1n) is 10.9. The molecule has 1 saturated heterocycles. The molecule has 3 heterocycles. The third-order valence-corrected chi connectivity index (χ3v) is 7.34. The number of piperazine rings is 1. The minimum atomic E-state index is -0.405. The monoisotopic (exact) mass is 490 g/mol. The first-order valence-corrected chi connectivity index (χ1v) is 13.3. The van der Waals surface area contributed by atoms with Gasteiger partial charge in [0.1, 0.15) is 11.5 Å². The highest BCUT2D eigenvalue weighted by Gasteiger charge is 2.24. The molecule has 2 aromatic heterocycles. The van der Waals surface area contributed by atoms with Gasteiger partial charge in [0.25, 0.3) is 0 Å². The van der Waals surface area contributed by atoms with Crippen molar-refractivity contribution in [2.75, 3.05) is 49.8 Å². The number of aryl methyl sites for hydroxylation is 2. The number of halogens is 1. The maximum Gasteiger partial charge on any atom is 0.316 e. The molecule has 33 heavy (non-hydrogen) atoms. The molecule has 176 valence electrons. The van der Waals surface area contributed by atoms with Gasteiger partial charge < -0.3 is 9.64 Å². The van der Waals surface area contributed by atoms with Crippen LogP contribution in [0.15, 0.2) is 34.7 Å². The van der Waals surface area contributed by atoms with Crippen molar-refractivity contribution < 1.29 is 9.13 Å². The number of rotatable bonds is 8. The molecule has 0 N–H and O–H groups in total. The molecule has 0 radical (unpaired) electrons. The topological polar surface area (TPSA) is 63.5 Å². The van der Waals surface area contributed by atoms with E-state index in [2.05, 4.69) is 26.1 Å². The van der Waals surface area contributed by atoms with Crippen LogP contribution in [0.25, 0.3) is 5.69 Å². The van der Waals surface area contributed by atoms with Crippen molar-refractivity contribution in [1.82, 2.24) is 19.7 Å². The van der Waals surface area contributed by atoms with E-state index < -0.39 is 5.82 Å². The van der Waals surface area contributed by atoms with Crippen molar-refractivity contribution in [1.29, 1.82) is 0 Å². The second-order valence-electron chi connectivity index (χ2n) is 8.08. The third-order valence-electron chi connectivity index (χ3n) is 5.66. The fraction of sp³-hybridized carbons (Fsp3) is 0.435. The van der Waals surface area contributed by atoms with Gasteiger partial charge in [-0.2, -0.15) is 9.78 Å². The van der Waals surface area contributed by atoms with Crippen molar-refractivity contribution in [2.45, 2.75) is 20.3 Å². The van der Waals surface area contributed by atoms with Crippen molar-refractivity contribution in [3.8, 4) is 11.4 Å². The first kappa shape index (κ1) is 23.7. The molecule has 3 aromatic rings. The number of hydrogen-bond donors (Lipinski definition) is 0. The van der Waals surface area contributed by atoms with Crippen molar-refractivity contribution in [3.05, 3.63) is 62.2 Å². The van der Waals surface area contributed by atoms with E-state index in [0.29, 0.717) is 24.4 Å². The van der Waals surface area contributed by atoms with Gasteiger partial charge in [0.2, 0.25) is 5.75 Å². The lowest BCUT2D eigenvalue weighted by Crippen LogP contribution is -2.47. The Balaban J connectivity index is 1.64. The summed E-state index contributed by atoms with van der Waals surface area (Å²) < 4.78 is 21.3. The highest BCUT2D eigenvalue weighted by atomic mass is 32.2. The molecular weight excluding hydrogens is 461 g/mol. The van der Waals surface area contributed by atoms with Crippen LogP contribution in [-0.4, -0.2) is 64.6 Å². The molecule has 0 unspecified atom stereocenters. The Morgan fingerprint density at radius 1 is 1.18 bits per heavy atom. The molecule has 4 rings (SSSR count). The molecular formula is C23H29FN5O2S2+. The van der Waals surface area contributed by atoms with E-state index in [9.17, 15) is 9.18 Å². The lowest BCUT2D eigenvalue weighted by atomic mass is 10.2. The van der Waals surface area contributed by atoms with E-state index in [1.54, 1.807) is 30.5 Å². The van der Waals surface area contributed by atoms with Crippen molar-refractivity contribution in [2.24, 2.45) is 0 Å². The molecule has 1 aliphatic heterocycles. The van der Waals surface area contributed by atoms with Crippen molar-refractivity contribution in [3.63, 3.8) is 0 Å². The van der Waals surface area contributed by atoms with Crippen LogP contribution in [0, 0.1) is 19.7 Å². The van der Waals surface area contributed by atoms with E-state index in [0.717, 1.165) is 48.2 Å². The van der Waals surface area contributed by atoms with E-state index in [1.165, 1.54) is 28.6 Å². The number of hydrogen-bond acceptors (Lipinski definition) is 7. The van der Waals surface area contributed by atoms with Crippen LogP contribution in [0.3, 0.4) is 0 Å². The zero-order valence-electron chi connectivity index (χ0n) is 19.1. The lowest BCUT2D eigenvalue weighted by molar-refractivity contribution is 0.292. The number of thiol groups is 1. The molecule has 1 fully saturated rings. The molecule has 1 aromatic carbocycles. The summed E-state index contributed by atoms with van der Waals surface area (Å²) in [4.78, 5) is 23.5. The van der Waals surface area contributed by atoms with Gasteiger partial charge in [0, 0.05) is 37.5 Å². The summed E-state index contributed by atoms with van der Waals surface area (Å²) in [6.45, 7) is 7.55. The Hall–Kier alpha value is -2.43. The van der Waals surface area contributed by atoms with Gasteiger partial charge in [-0.25, -0.2) is 9.37 Å². The summed E-state index contributed by atoms with van der Waals surface area (Å²) in [7, 11) is 0. The summed E-state index contributed by atoms with van der Waals surface area (Å²) in [6, 6.07) is 4.48. The Kier molecular flexibility index (Phi) is 7.67. The van der Waals surface area contributed by atoms with Crippen LogP contribution in [0.5, 0.6) is 5.75 Å². The van der Waals surface area contributed by atoms with Crippen LogP contribution >= 0.6 is 11.3 Å². The van der Waals surface area contributed by atoms with E-state index in [1.807, 2.05) is 12.4 Å². The Morgan fingerprint density at radius 2 is 1.97 bits per heavy atom. The Morgan fingerprint density at radius 3 is 2.64 bits per heavy atom. The molecule has 0 bridgehead atoms. The summed E-state index contributed by atoms with van der Waals surface area (Å²) in [5.74, 6) is 0.901. The Bertz CT molecular complexity index is 1140. The number of aromatic nitrogens is 3. The van der Waals surface area contributed by atoms with Gasteiger partial charge in [-0.3, -0.25) is 9.69 Å². The molecule has 0 atom stereocenters. The smallest absolute Gasteiger partial charge is 0.316 e. The second kappa shape index (κ2) is 10.7. The number of anilines is 1. The van der Waals surface area contributed by atoms with Gasteiger partial charge in [0.15, 0.2) is 5.88 Å². The number of ether oxygens (including phenoxy) is 1. The normalized spacial score (nSPS) is 14.6. The number of benzene rings is 1. The van der Waals surface area contributed by atoms with E-state index >= 15 is 0 Å². The van der Waals surface area contributed by atoms with Gasteiger partial charge in [-0.1, -0.05) is 0 Å².